The minimum Gasteiger partial charge on any atom is -0.387 e. The van der Waals surface area contributed by atoms with E-state index in [0.29, 0.717) is 0 Å². The highest BCUT2D eigenvalue weighted by molar-refractivity contribution is 5.83. The lowest BCUT2D eigenvalue weighted by atomic mass is 9.91. The van der Waals surface area contributed by atoms with Crippen molar-refractivity contribution in [3.8, 4) is 0 Å². The van der Waals surface area contributed by atoms with E-state index in [1.807, 2.05) is 6.92 Å². The van der Waals surface area contributed by atoms with Gasteiger partial charge in [0.25, 0.3) is 0 Å². The fourth-order valence-corrected chi connectivity index (χ4v) is 2.52. The molecular weight excluding hydrogens is 222 g/mol. The summed E-state index contributed by atoms with van der Waals surface area (Å²) in [5.74, 6) is 0.737. The summed E-state index contributed by atoms with van der Waals surface area (Å²) in [5, 5.41) is 4.09. The number of rotatable bonds is 4. The van der Waals surface area contributed by atoms with Gasteiger partial charge in [-0.3, -0.25) is 0 Å². The first-order chi connectivity index (χ1) is 8.58. The number of hydrogen-bond acceptors (Lipinski definition) is 2. The molecule has 1 heterocycles. The minimum atomic E-state index is 0.133. The average Bonchev–Trinajstić information content (AvgIpc) is 2.72. The molecule has 2 heteroatoms. The van der Waals surface area contributed by atoms with E-state index in [-0.39, 0.29) is 6.10 Å². The Morgan fingerprint density at radius 3 is 2.72 bits per heavy atom. The second-order valence-corrected chi connectivity index (χ2v) is 5.70. The van der Waals surface area contributed by atoms with E-state index in [0.717, 1.165) is 24.5 Å². The van der Waals surface area contributed by atoms with Crippen molar-refractivity contribution >= 4 is 5.71 Å². The molecular formula is C16H23NO. The van der Waals surface area contributed by atoms with Gasteiger partial charge in [0.1, 0.15) is 0 Å². The fourth-order valence-electron chi connectivity index (χ4n) is 2.52. The Morgan fingerprint density at radius 1 is 1.33 bits per heavy atom. The van der Waals surface area contributed by atoms with Crippen LogP contribution in [0.2, 0.25) is 0 Å². The van der Waals surface area contributed by atoms with Gasteiger partial charge < -0.3 is 4.84 Å². The maximum absolute atomic E-state index is 5.57. The van der Waals surface area contributed by atoms with Crippen LogP contribution in [0.25, 0.3) is 0 Å². The standard InChI is InChI=1S/C16H23NO/c1-11(2)8-9-14-7-5-6-12(3)16(14)15-10-13(4)17-18-15/h5-7,11,15H,8-10H2,1-4H3. The van der Waals surface area contributed by atoms with Crippen LogP contribution >= 0.6 is 0 Å². The lowest BCUT2D eigenvalue weighted by Gasteiger charge is -2.17. The first kappa shape index (κ1) is 13.1. The van der Waals surface area contributed by atoms with Gasteiger partial charge in [-0.15, -0.1) is 0 Å². The SMILES string of the molecule is CC1=NOC(c2c(C)cccc2CCC(C)C)C1. The molecule has 0 fully saturated rings. The maximum Gasteiger partial charge on any atom is 0.158 e. The summed E-state index contributed by atoms with van der Waals surface area (Å²) in [6.07, 6.45) is 3.42. The van der Waals surface area contributed by atoms with E-state index in [9.17, 15) is 0 Å². The van der Waals surface area contributed by atoms with Gasteiger partial charge in [0.05, 0.1) is 5.71 Å². The van der Waals surface area contributed by atoms with E-state index in [1.54, 1.807) is 0 Å². The van der Waals surface area contributed by atoms with Crippen molar-refractivity contribution in [2.45, 2.75) is 53.1 Å². The van der Waals surface area contributed by atoms with E-state index >= 15 is 0 Å². The Kier molecular flexibility index (Phi) is 4.05. The normalized spacial score (nSPS) is 18.9. The highest BCUT2D eigenvalue weighted by Gasteiger charge is 2.24. The molecule has 1 aliphatic heterocycles. The Morgan fingerprint density at radius 2 is 2.11 bits per heavy atom. The van der Waals surface area contributed by atoms with Crippen molar-refractivity contribution < 1.29 is 4.84 Å². The van der Waals surface area contributed by atoms with Gasteiger partial charge in [0, 0.05) is 12.0 Å². The molecule has 0 N–H and O–H groups in total. The molecule has 1 aromatic carbocycles. The molecule has 2 rings (SSSR count). The van der Waals surface area contributed by atoms with Crippen molar-refractivity contribution in [3.05, 3.63) is 34.9 Å². The Labute approximate surface area is 110 Å². The number of aryl methyl sites for hydroxylation is 2. The molecule has 0 radical (unpaired) electrons. The second kappa shape index (κ2) is 5.55. The van der Waals surface area contributed by atoms with Gasteiger partial charge in [-0.05, 0) is 43.7 Å². The zero-order chi connectivity index (χ0) is 13.1. The van der Waals surface area contributed by atoms with Crippen LogP contribution in [0.15, 0.2) is 23.4 Å². The van der Waals surface area contributed by atoms with Crippen LogP contribution in [0.5, 0.6) is 0 Å². The Balaban J connectivity index is 2.21. The first-order valence-corrected chi connectivity index (χ1v) is 6.85. The third-order valence-corrected chi connectivity index (χ3v) is 3.54. The molecule has 0 amide bonds. The third-order valence-electron chi connectivity index (χ3n) is 3.54. The molecule has 0 aromatic heterocycles. The van der Waals surface area contributed by atoms with Crippen LogP contribution < -0.4 is 0 Å². The summed E-state index contributed by atoms with van der Waals surface area (Å²) in [6.45, 7) is 8.75. The van der Waals surface area contributed by atoms with Gasteiger partial charge in [0.2, 0.25) is 0 Å². The van der Waals surface area contributed by atoms with E-state index in [4.69, 9.17) is 4.84 Å². The van der Waals surface area contributed by atoms with Crippen LogP contribution in [0, 0.1) is 12.8 Å². The Bertz CT molecular complexity index is 448. The second-order valence-electron chi connectivity index (χ2n) is 5.70. The van der Waals surface area contributed by atoms with Gasteiger partial charge in [-0.1, -0.05) is 37.2 Å². The summed E-state index contributed by atoms with van der Waals surface area (Å²) in [4.78, 5) is 5.57. The summed E-state index contributed by atoms with van der Waals surface area (Å²) >= 11 is 0. The molecule has 2 nitrogen and oxygen atoms in total. The largest absolute Gasteiger partial charge is 0.387 e. The Hall–Kier alpha value is -1.31. The van der Waals surface area contributed by atoms with Crippen LogP contribution in [0.1, 0.15) is 56.4 Å². The highest BCUT2D eigenvalue weighted by atomic mass is 16.6. The smallest absolute Gasteiger partial charge is 0.158 e. The van der Waals surface area contributed by atoms with Crippen molar-refractivity contribution in [3.63, 3.8) is 0 Å². The number of benzene rings is 1. The van der Waals surface area contributed by atoms with Crippen LogP contribution in [0.3, 0.4) is 0 Å². The minimum absolute atomic E-state index is 0.133. The lowest BCUT2D eigenvalue weighted by Crippen LogP contribution is -2.06. The predicted molar refractivity (Wildman–Crippen MR) is 75.9 cm³/mol. The highest BCUT2D eigenvalue weighted by Crippen LogP contribution is 2.32. The molecule has 1 aromatic rings. The fraction of sp³-hybridized carbons (Fsp3) is 0.562. The first-order valence-electron chi connectivity index (χ1n) is 6.85. The van der Waals surface area contributed by atoms with E-state index < -0.39 is 0 Å². The van der Waals surface area contributed by atoms with Crippen LogP contribution in [-0.4, -0.2) is 5.71 Å². The number of oxime groups is 1. The van der Waals surface area contributed by atoms with Gasteiger partial charge in [0.15, 0.2) is 6.10 Å². The molecule has 1 atom stereocenters. The summed E-state index contributed by atoms with van der Waals surface area (Å²) < 4.78 is 0. The maximum atomic E-state index is 5.57. The summed E-state index contributed by atoms with van der Waals surface area (Å²) in [7, 11) is 0. The van der Waals surface area contributed by atoms with Crippen LogP contribution in [0.4, 0.5) is 0 Å². The van der Waals surface area contributed by atoms with Gasteiger partial charge in [-0.2, -0.15) is 0 Å². The van der Waals surface area contributed by atoms with Crippen molar-refractivity contribution in [1.29, 1.82) is 0 Å². The van der Waals surface area contributed by atoms with E-state index in [2.05, 4.69) is 44.1 Å². The topological polar surface area (TPSA) is 21.6 Å². The molecule has 18 heavy (non-hydrogen) atoms. The lowest BCUT2D eigenvalue weighted by molar-refractivity contribution is 0.0845. The molecule has 0 spiro atoms. The molecule has 0 bridgehead atoms. The quantitative estimate of drug-likeness (QED) is 0.769. The number of nitrogens with zero attached hydrogens (tertiary/aromatic N) is 1. The predicted octanol–water partition coefficient (Wildman–Crippen LogP) is 4.42. The monoisotopic (exact) mass is 245 g/mol. The van der Waals surface area contributed by atoms with Crippen molar-refractivity contribution in [1.82, 2.24) is 0 Å². The van der Waals surface area contributed by atoms with Crippen molar-refractivity contribution in [2.75, 3.05) is 0 Å². The third kappa shape index (κ3) is 2.92. The summed E-state index contributed by atoms with van der Waals surface area (Å²) in [6, 6.07) is 6.56. The zero-order valence-electron chi connectivity index (χ0n) is 11.9. The summed E-state index contributed by atoms with van der Waals surface area (Å²) in [5.41, 5.74) is 5.21. The van der Waals surface area contributed by atoms with Gasteiger partial charge >= 0.3 is 0 Å². The molecule has 0 saturated heterocycles. The zero-order valence-corrected chi connectivity index (χ0v) is 11.9. The van der Waals surface area contributed by atoms with Crippen LogP contribution in [-0.2, 0) is 11.3 Å². The molecule has 1 unspecified atom stereocenters. The van der Waals surface area contributed by atoms with Crippen molar-refractivity contribution in [2.24, 2.45) is 11.1 Å². The molecule has 1 aliphatic rings. The molecule has 0 aliphatic carbocycles. The average molecular weight is 245 g/mol. The number of hydrogen-bond donors (Lipinski definition) is 0. The van der Waals surface area contributed by atoms with Gasteiger partial charge in [-0.25, -0.2) is 0 Å². The molecule has 0 saturated carbocycles. The van der Waals surface area contributed by atoms with E-state index in [1.165, 1.54) is 23.1 Å². The molecule has 98 valence electrons.